The second kappa shape index (κ2) is 9.86. The molecule has 0 bridgehead atoms. The van der Waals surface area contributed by atoms with Crippen LogP contribution in [-0.2, 0) is 23.1 Å². The van der Waals surface area contributed by atoms with E-state index in [1.165, 1.54) is 4.90 Å². The Bertz CT molecular complexity index is 1580. The molecule has 5 rings (SSSR count). The molecule has 4 aromatic rings. The van der Waals surface area contributed by atoms with Crippen LogP contribution in [-0.4, -0.2) is 28.5 Å². The Morgan fingerprint density at radius 2 is 1.74 bits per heavy atom. The van der Waals surface area contributed by atoms with Crippen LogP contribution in [0.5, 0.6) is 5.75 Å². The van der Waals surface area contributed by atoms with E-state index >= 15 is 0 Å². The molecule has 38 heavy (non-hydrogen) atoms. The highest BCUT2D eigenvalue weighted by atomic mass is 16.5. The van der Waals surface area contributed by atoms with Gasteiger partial charge in [-0.3, -0.25) is 14.5 Å². The van der Waals surface area contributed by atoms with Gasteiger partial charge in [-0.1, -0.05) is 51.1 Å². The summed E-state index contributed by atoms with van der Waals surface area (Å²) in [6, 6.07) is 20.1. The number of para-hydroxylation sites is 1. The van der Waals surface area contributed by atoms with E-state index in [9.17, 15) is 14.7 Å². The molecule has 1 aliphatic heterocycles. The van der Waals surface area contributed by atoms with Crippen LogP contribution >= 0.6 is 0 Å². The summed E-state index contributed by atoms with van der Waals surface area (Å²) in [5, 5.41) is 12.6. The first-order chi connectivity index (χ1) is 18.3. The Morgan fingerprint density at radius 3 is 2.39 bits per heavy atom. The van der Waals surface area contributed by atoms with Gasteiger partial charge < -0.3 is 14.4 Å². The lowest BCUT2D eigenvalue weighted by Gasteiger charge is -2.25. The number of benzene rings is 3. The van der Waals surface area contributed by atoms with Crippen molar-refractivity contribution in [2.24, 2.45) is 7.05 Å². The second-order valence-electron chi connectivity index (χ2n) is 10.0. The number of hydrogen-bond donors (Lipinski definition) is 1. The number of anilines is 1. The van der Waals surface area contributed by atoms with Gasteiger partial charge in [0.2, 0.25) is 0 Å². The average Bonchev–Trinajstić information content (AvgIpc) is 3.40. The normalized spacial score (nSPS) is 17.1. The molecular formula is C32H32N2O4. The molecular weight excluding hydrogens is 476 g/mol. The van der Waals surface area contributed by atoms with Crippen molar-refractivity contribution < 1.29 is 19.4 Å². The number of fused-ring (bicyclic) bond motifs is 1. The minimum atomic E-state index is -0.793. The molecule has 1 saturated heterocycles. The van der Waals surface area contributed by atoms with Gasteiger partial charge >= 0.3 is 0 Å². The minimum absolute atomic E-state index is 0.0748. The Kier molecular flexibility index (Phi) is 6.57. The van der Waals surface area contributed by atoms with Crippen LogP contribution in [0.3, 0.4) is 0 Å². The number of amides is 1. The van der Waals surface area contributed by atoms with E-state index in [0.717, 1.165) is 34.0 Å². The number of ketones is 1. The van der Waals surface area contributed by atoms with Gasteiger partial charge in [-0.15, -0.1) is 0 Å². The van der Waals surface area contributed by atoms with Crippen LogP contribution in [0, 0.1) is 0 Å². The molecule has 1 aliphatic rings. The van der Waals surface area contributed by atoms with Crippen molar-refractivity contribution in [3.8, 4) is 5.75 Å². The topological polar surface area (TPSA) is 71.8 Å². The SMILES string of the molecule is CCc1ccc(N2C(=O)C(=O)/C(=C(/O)c3ccc(OC)c(C(C)C)c3)C2c2cn(C)c3ccccc23)cc1. The van der Waals surface area contributed by atoms with Crippen LogP contribution in [0.2, 0.25) is 0 Å². The molecule has 1 amide bonds. The predicted molar refractivity (Wildman–Crippen MR) is 151 cm³/mol. The number of aliphatic hydroxyl groups excluding tert-OH is 1. The molecule has 0 saturated carbocycles. The van der Waals surface area contributed by atoms with E-state index in [-0.39, 0.29) is 17.3 Å². The van der Waals surface area contributed by atoms with Crippen molar-refractivity contribution in [2.75, 3.05) is 12.0 Å². The molecule has 6 nitrogen and oxygen atoms in total. The van der Waals surface area contributed by atoms with Gasteiger partial charge in [0.15, 0.2) is 0 Å². The lowest BCUT2D eigenvalue weighted by molar-refractivity contribution is -0.132. The summed E-state index contributed by atoms with van der Waals surface area (Å²) in [4.78, 5) is 28.8. The number of carbonyl (C=O) groups is 2. The van der Waals surface area contributed by atoms with Crippen molar-refractivity contribution in [3.05, 3.63) is 101 Å². The third kappa shape index (κ3) is 4.06. The summed E-state index contributed by atoms with van der Waals surface area (Å²) in [7, 11) is 3.54. The van der Waals surface area contributed by atoms with E-state index in [0.29, 0.717) is 17.0 Å². The number of aromatic nitrogens is 1. The maximum atomic E-state index is 13.7. The molecule has 6 heteroatoms. The molecule has 0 radical (unpaired) electrons. The summed E-state index contributed by atoms with van der Waals surface area (Å²) in [5.74, 6) is -0.726. The molecule has 1 N–H and O–H groups in total. The van der Waals surface area contributed by atoms with E-state index in [4.69, 9.17) is 4.74 Å². The van der Waals surface area contributed by atoms with Gasteiger partial charge in [-0.05, 0) is 59.9 Å². The minimum Gasteiger partial charge on any atom is -0.507 e. The zero-order valence-corrected chi connectivity index (χ0v) is 22.4. The van der Waals surface area contributed by atoms with Crippen LogP contribution in [0.1, 0.15) is 55.0 Å². The number of hydrogen-bond acceptors (Lipinski definition) is 4. The number of rotatable bonds is 6. The number of nitrogens with zero attached hydrogens (tertiary/aromatic N) is 2. The highest BCUT2D eigenvalue weighted by Crippen LogP contribution is 2.45. The van der Waals surface area contributed by atoms with E-state index in [1.54, 1.807) is 19.2 Å². The summed E-state index contributed by atoms with van der Waals surface area (Å²) in [6.45, 7) is 6.14. The van der Waals surface area contributed by atoms with Crippen molar-refractivity contribution in [3.63, 3.8) is 0 Å². The zero-order chi connectivity index (χ0) is 27.1. The third-order valence-electron chi connectivity index (χ3n) is 7.41. The highest BCUT2D eigenvalue weighted by molar-refractivity contribution is 6.51. The van der Waals surface area contributed by atoms with Crippen molar-refractivity contribution in [2.45, 2.75) is 39.2 Å². The van der Waals surface area contributed by atoms with Gasteiger partial charge in [0.25, 0.3) is 11.7 Å². The van der Waals surface area contributed by atoms with Crippen LogP contribution < -0.4 is 9.64 Å². The van der Waals surface area contributed by atoms with Crippen molar-refractivity contribution in [1.82, 2.24) is 4.57 Å². The molecule has 0 aliphatic carbocycles. The summed E-state index contributed by atoms with van der Waals surface area (Å²) >= 11 is 0. The first-order valence-electron chi connectivity index (χ1n) is 12.9. The van der Waals surface area contributed by atoms with Crippen molar-refractivity contribution in [1.29, 1.82) is 0 Å². The lowest BCUT2D eigenvalue weighted by Crippen LogP contribution is -2.29. The predicted octanol–water partition coefficient (Wildman–Crippen LogP) is 6.50. The molecule has 1 unspecified atom stereocenters. The Morgan fingerprint density at radius 1 is 1.03 bits per heavy atom. The van der Waals surface area contributed by atoms with Crippen LogP contribution in [0.25, 0.3) is 16.7 Å². The first-order valence-corrected chi connectivity index (χ1v) is 12.9. The molecule has 1 atom stereocenters. The van der Waals surface area contributed by atoms with Gasteiger partial charge in [0.05, 0.1) is 18.7 Å². The zero-order valence-electron chi connectivity index (χ0n) is 22.4. The molecule has 1 fully saturated rings. The molecule has 3 aromatic carbocycles. The van der Waals surface area contributed by atoms with Gasteiger partial charge in [0.1, 0.15) is 11.5 Å². The maximum absolute atomic E-state index is 13.7. The van der Waals surface area contributed by atoms with Crippen molar-refractivity contribution >= 4 is 34.0 Å². The summed E-state index contributed by atoms with van der Waals surface area (Å²) < 4.78 is 7.49. The quantitative estimate of drug-likeness (QED) is 0.183. The number of carbonyl (C=O) groups excluding carboxylic acids is 2. The van der Waals surface area contributed by atoms with E-state index in [2.05, 4.69) is 6.92 Å². The number of Topliss-reactive ketones (excluding diaryl/α,β-unsaturated/α-hetero) is 1. The van der Waals surface area contributed by atoms with E-state index in [1.807, 2.05) is 86.3 Å². The van der Waals surface area contributed by atoms with Gasteiger partial charge in [-0.2, -0.15) is 0 Å². The Labute approximate surface area is 222 Å². The Hall–Kier alpha value is -4.32. The van der Waals surface area contributed by atoms with Gasteiger partial charge in [-0.25, -0.2) is 0 Å². The molecule has 194 valence electrons. The average molecular weight is 509 g/mol. The van der Waals surface area contributed by atoms with Crippen LogP contribution in [0.4, 0.5) is 5.69 Å². The number of ether oxygens (including phenoxy) is 1. The smallest absolute Gasteiger partial charge is 0.300 e. The largest absolute Gasteiger partial charge is 0.507 e. The lowest BCUT2D eigenvalue weighted by atomic mass is 9.93. The fraction of sp³-hybridized carbons (Fsp3) is 0.250. The maximum Gasteiger partial charge on any atom is 0.300 e. The first kappa shape index (κ1) is 25.3. The van der Waals surface area contributed by atoms with Crippen LogP contribution in [0.15, 0.2) is 78.5 Å². The molecule has 1 aromatic heterocycles. The van der Waals surface area contributed by atoms with Gasteiger partial charge in [0, 0.05) is 41.0 Å². The van der Waals surface area contributed by atoms with E-state index < -0.39 is 17.7 Å². The highest BCUT2D eigenvalue weighted by Gasteiger charge is 2.48. The number of aryl methyl sites for hydroxylation is 2. The standard InChI is InChI=1S/C32H32N2O4/c1-6-20-11-14-22(15-12-20)34-29(25-18-33(4)26-10-8-7-9-23(25)26)28(31(36)32(34)37)30(35)21-13-16-27(38-5)24(17-21)19(2)3/h7-19,29,35H,6H2,1-5H3/b30-28+. The third-order valence-corrected chi connectivity index (χ3v) is 7.41. The molecule has 2 heterocycles. The fourth-order valence-electron chi connectivity index (χ4n) is 5.36. The Balaban J connectivity index is 1.77. The number of aliphatic hydroxyl groups is 1. The fourth-order valence-corrected chi connectivity index (χ4v) is 5.36. The summed E-state index contributed by atoms with van der Waals surface area (Å²) in [5.41, 5.74) is 4.94. The summed E-state index contributed by atoms with van der Waals surface area (Å²) in [6.07, 6.45) is 2.80. The second-order valence-corrected chi connectivity index (χ2v) is 10.0. The molecule has 0 spiro atoms. The number of methoxy groups -OCH3 is 1. The monoisotopic (exact) mass is 508 g/mol.